The average Bonchev–Trinajstić information content (AvgIpc) is 2.40. The molecule has 0 aliphatic heterocycles. The zero-order chi connectivity index (χ0) is 13.9. The third kappa shape index (κ3) is 2.88. The van der Waals surface area contributed by atoms with E-state index in [9.17, 15) is 13.2 Å². The van der Waals surface area contributed by atoms with Gasteiger partial charge in [0.05, 0.1) is 12.0 Å². The molecule has 0 saturated heterocycles. The van der Waals surface area contributed by atoms with Gasteiger partial charge in [0.15, 0.2) is 0 Å². The SMILES string of the molecule is N#C[C@H](c1ccncc1)c1ccc(C(F)(F)F)nc1. The Morgan fingerprint density at radius 3 is 2.21 bits per heavy atom. The number of nitriles is 1. The minimum absolute atomic E-state index is 0.418. The Labute approximate surface area is 107 Å². The Balaban J connectivity index is 2.34. The molecule has 19 heavy (non-hydrogen) atoms. The van der Waals surface area contributed by atoms with E-state index < -0.39 is 17.8 Å². The fraction of sp³-hybridized carbons (Fsp3) is 0.154. The maximum Gasteiger partial charge on any atom is 0.433 e. The normalized spacial score (nSPS) is 12.7. The summed E-state index contributed by atoms with van der Waals surface area (Å²) in [5.74, 6) is -0.655. The van der Waals surface area contributed by atoms with E-state index in [2.05, 4.69) is 9.97 Å². The summed E-state index contributed by atoms with van der Waals surface area (Å²) in [6, 6.07) is 7.48. The van der Waals surface area contributed by atoms with Crippen LogP contribution in [0.4, 0.5) is 13.2 Å². The quantitative estimate of drug-likeness (QED) is 0.836. The molecule has 96 valence electrons. The smallest absolute Gasteiger partial charge is 0.265 e. The first-order valence-corrected chi connectivity index (χ1v) is 5.35. The Hall–Kier alpha value is -2.42. The molecule has 0 aromatic carbocycles. The van der Waals surface area contributed by atoms with Crippen LogP contribution in [-0.2, 0) is 6.18 Å². The lowest BCUT2D eigenvalue weighted by molar-refractivity contribution is -0.141. The van der Waals surface area contributed by atoms with Crippen molar-refractivity contribution in [2.75, 3.05) is 0 Å². The van der Waals surface area contributed by atoms with Crippen molar-refractivity contribution < 1.29 is 13.2 Å². The summed E-state index contributed by atoms with van der Waals surface area (Å²) in [6.45, 7) is 0. The zero-order valence-electron chi connectivity index (χ0n) is 9.59. The molecular formula is C13H8F3N3. The molecular weight excluding hydrogens is 255 g/mol. The van der Waals surface area contributed by atoms with Gasteiger partial charge in [-0.25, -0.2) is 0 Å². The highest BCUT2D eigenvalue weighted by Crippen LogP contribution is 2.29. The first kappa shape index (κ1) is 13.0. The summed E-state index contributed by atoms with van der Waals surface area (Å²) in [4.78, 5) is 7.18. The van der Waals surface area contributed by atoms with Gasteiger partial charge < -0.3 is 0 Å². The molecule has 2 heterocycles. The Morgan fingerprint density at radius 1 is 1.05 bits per heavy atom. The van der Waals surface area contributed by atoms with Crippen LogP contribution in [0.25, 0.3) is 0 Å². The molecule has 0 unspecified atom stereocenters. The minimum atomic E-state index is -4.47. The topological polar surface area (TPSA) is 49.6 Å². The van der Waals surface area contributed by atoms with Gasteiger partial charge in [-0.1, -0.05) is 6.07 Å². The van der Waals surface area contributed by atoms with E-state index in [1.165, 1.54) is 18.5 Å². The lowest BCUT2D eigenvalue weighted by atomic mass is 9.94. The van der Waals surface area contributed by atoms with Gasteiger partial charge in [0.2, 0.25) is 0 Å². The number of halogens is 3. The Morgan fingerprint density at radius 2 is 1.74 bits per heavy atom. The van der Waals surface area contributed by atoms with Gasteiger partial charge >= 0.3 is 6.18 Å². The van der Waals surface area contributed by atoms with Crippen LogP contribution in [0.2, 0.25) is 0 Å². The van der Waals surface area contributed by atoms with Crippen molar-refractivity contribution in [1.29, 1.82) is 5.26 Å². The van der Waals surface area contributed by atoms with Gasteiger partial charge in [-0.3, -0.25) is 9.97 Å². The second-order valence-electron chi connectivity index (χ2n) is 3.82. The van der Waals surface area contributed by atoms with Gasteiger partial charge in [-0.15, -0.1) is 0 Å². The number of aromatic nitrogens is 2. The number of hydrogen-bond donors (Lipinski definition) is 0. The van der Waals surface area contributed by atoms with E-state index in [-0.39, 0.29) is 0 Å². The van der Waals surface area contributed by atoms with Crippen LogP contribution >= 0.6 is 0 Å². The zero-order valence-corrected chi connectivity index (χ0v) is 9.59. The second-order valence-corrected chi connectivity index (χ2v) is 3.82. The highest BCUT2D eigenvalue weighted by atomic mass is 19.4. The van der Waals surface area contributed by atoms with E-state index in [1.807, 2.05) is 6.07 Å². The molecule has 0 aliphatic rings. The van der Waals surface area contributed by atoms with E-state index in [1.54, 1.807) is 12.1 Å². The summed E-state index contributed by atoms with van der Waals surface area (Å²) in [5, 5.41) is 9.14. The number of nitrogens with zero attached hydrogens (tertiary/aromatic N) is 3. The van der Waals surface area contributed by atoms with Crippen LogP contribution in [0.1, 0.15) is 22.7 Å². The molecule has 0 amide bonds. The average molecular weight is 263 g/mol. The first-order valence-electron chi connectivity index (χ1n) is 5.35. The molecule has 0 saturated carbocycles. The molecule has 0 spiro atoms. The van der Waals surface area contributed by atoms with Crippen molar-refractivity contribution in [1.82, 2.24) is 9.97 Å². The summed E-state index contributed by atoms with van der Waals surface area (Å²) < 4.78 is 37.2. The summed E-state index contributed by atoms with van der Waals surface area (Å²) in [7, 11) is 0. The van der Waals surface area contributed by atoms with E-state index >= 15 is 0 Å². The summed E-state index contributed by atoms with van der Waals surface area (Å²) in [6.07, 6.45) is -0.344. The third-order valence-corrected chi connectivity index (χ3v) is 2.58. The highest BCUT2D eigenvalue weighted by molar-refractivity contribution is 5.36. The van der Waals surface area contributed by atoms with Crippen LogP contribution in [0.15, 0.2) is 42.9 Å². The first-order chi connectivity index (χ1) is 9.02. The summed E-state index contributed by atoms with van der Waals surface area (Å²) >= 11 is 0. The van der Waals surface area contributed by atoms with Crippen molar-refractivity contribution in [2.45, 2.75) is 12.1 Å². The number of alkyl halides is 3. The van der Waals surface area contributed by atoms with E-state index in [0.717, 1.165) is 12.3 Å². The predicted octanol–water partition coefficient (Wildman–Crippen LogP) is 3.15. The summed E-state index contributed by atoms with van der Waals surface area (Å²) in [5.41, 5.74) is 0.114. The lowest BCUT2D eigenvalue weighted by Crippen LogP contribution is -2.08. The van der Waals surface area contributed by atoms with Gasteiger partial charge in [0.25, 0.3) is 0 Å². The van der Waals surface area contributed by atoms with Gasteiger partial charge in [0, 0.05) is 18.6 Å². The van der Waals surface area contributed by atoms with Crippen LogP contribution in [0.5, 0.6) is 0 Å². The number of pyridine rings is 2. The molecule has 2 aromatic rings. The van der Waals surface area contributed by atoms with Gasteiger partial charge in [-0.2, -0.15) is 18.4 Å². The maximum absolute atomic E-state index is 12.4. The molecule has 0 fully saturated rings. The molecule has 1 atom stereocenters. The van der Waals surface area contributed by atoms with Crippen LogP contribution in [0, 0.1) is 11.3 Å². The Kier molecular flexibility index (Phi) is 3.47. The monoisotopic (exact) mass is 263 g/mol. The van der Waals surface area contributed by atoms with Crippen molar-refractivity contribution >= 4 is 0 Å². The second kappa shape index (κ2) is 5.06. The number of rotatable bonds is 2. The fourth-order valence-corrected chi connectivity index (χ4v) is 1.64. The van der Waals surface area contributed by atoms with Crippen LogP contribution < -0.4 is 0 Å². The number of hydrogen-bond acceptors (Lipinski definition) is 3. The van der Waals surface area contributed by atoms with Crippen LogP contribution in [-0.4, -0.2) is 9.97 Å². The molecule has 0 radical (unpaired) electrons. The molecule has 3 nitrogen and oxygen atoms in total. The minimum Gasteiger partial charge on any atom is -0.265 e. The van der Waals surface area contributed by atoms with Crippen molar-refractivity contribution in [3.8, 4) is 6.07 Å². The highest BCUT2D eigenvalue weighted by Gasteiger charge is 2.32. The maximum atomic E-state index is 12.4. The van der Waals surface area contributed by atoms with E-state index in [0.29, 0.717) is 11.1 Å². The van der Waals surface area contributed by atoms with Crippen molar-refractivity contribution in [2.24, 2.45) is 0 Å². The lowest BCUT2D eigenvalue weighted by Gasteiger charge is -2.10. The Bertz CT molecular complexity index is 585. The van der Waals surface area contributed by atoms with Gasteiger partial charge in [0.1, 0.15) is 5.69 Å². The van der Waals surface area contributed by atoms with E-state index in [4.69, 9.17) is 5.26 Å². The van der Waals surface area contributed by atoms with Crippen molar-refractivity contribution in [3.05, 3.63) is 59.7 Å². The molecule has 2 aromatic heterocycles. The molecule has 0 bridgehead atoms. The predicted molar refractivity (Wildman–Crippen MR) is 60.9 cm³/mol. The molecule has 2 rings (SSSR count). The molecule has 0 aliphatic carbocycles. The standard InChI is InChI=1S/C13H8F3N3/c14-13(15,16)12-2-1-10(8-19-12)11(7-17)9-3-5-18-6-4-9/h1-6,8,11H/t11-/m1/s1. The molecule has 6 heteroatoms. The largest absolute Gasteiger partial charge is 0.433 e. The third-order valence-electron chi connectivity index (χ3n) is 2.58. The van der Waals surface area contributed by atoms with Gasteiger partial charge in [-0.05, 0) is 29.3 Å². The van der Waals surface area contributed by atoms with Crippen molar-refractivity contribution in [3.63, 3.8) is 0 Å². The fourth-order valence-electron chi connectivity index (χ4n) is 1.64. The molecule has 0 N–H and O–H groups in total. The van der Waals surface area contributed by atoms with Crippen LogP contribution in [0.3, 0.4) is 0 Å².